The van der Waals surface area contributed by atoms with E-state index >= 15 is 0 Å². The van der Waals surface area contributed by atoms with Gasteiger partial charge in [0.05, 0.1) is 61.2 Å². The van der Waals surface area contributed by atoms with Crippen LogP contribution in [0.4, 0.5) is 0 Å². The van der Waals surface area contributed by atoms with E-state index in [1.807, 2.05) is 11.3 Å². The van der Waals surface area contributed by atoms with Gasteiger partial charge in [-0.25, -0.2) is 29.9 Å². The molecular formula is C135H98N10SSi3. The summed E-state index contributed by atoms with van der Waals surface area (Å²) in [5, 5.41) is 20.7. The molecule has 1 aliphatic carbocycles. The molecule has 0 bridgehead atoms. The Bertz CT molecular complexity index is 10300. The zero-order valence-electron chi connectivity index (χ0n) is 83.6. The molecule has 11 heterocycles. The standard InChI is InChI=1S/C48H34N4Si.C45H35N3Si.C42H29N3SSi/c1-53(2)42-24-14-11-21-38(42)44-45(31-15-5-3-6-16-31)49-47(50-48(44)53)32-25-27-34(28-26-32)52-39-22-12-9-19-35(39)36-29-30-41-43(46(36)52)37-20-10-13-23-40(37)51(41)33-17-7-4-8-18-33;1-45(2)35-19-11-8-17-33(35)39-36(45)27-26-32-31-16-9-12-20-37(31)48(42(32)39)30-24-22-29(23-25-30)43-46-41(28-14-6-5-7-15-28)40-34-18-10-13-21-38(34)49(3,4)44(40)47-43;1-47(2)36-19-11-8-16-32(36)38-39(26-12-4-3-5-13-26)43-41(44-42(38)47)27-20-22-28(23-21-27)45-33-17-9-6-14-29(33)30-24-25-35-37(40(30)45)31-15-7-10-18-34(31)46-35/h3-30H,1-2H3;5-27H,1-4H3;3-25H,1-2H3. The largest absolute Gasteiger partial charge is 0.309 e. The third-order valence-electron chi connectivity index (χ3n) is 32.4. The van der Waals surface area contributed by atoms with Crippen molar-refractivity contribution in [3.63, 3.8) is 0 Å². The topological polar surface area (TPSA) is 97.1 Å². The fraction of sp³-hybridized carbons (Fsp3) is 0.0667. The van der Waals surface area contributed by atoms with Crippen molar-refractivity contribution in [1.29, 1.82) is 0 Å². The highest BCUT2D eigenvalue weighted by Crippen LogP contribution is 2.55. The predicted molar refractivity (Wildman–Crippen MR) is 633 cm³/mol. The summed E-state index contributed by atoms with van der Waals surface area (Å²) in [6.45, 7) is 19.2. The molecule has 0 radical (unpaired) electrons. The molecule has 0 amide bonds. The van der Waals surface area contributed by atoms with Crippen LogP contribution in [0.25, 0.3) is 243 Å². The Hall–Kier alpha value is -17.5. The number of nitrogens with zero attached hydrogens (tertiary/aromatic N) is 10. The quantitative estimate of drug-likeness (QED) is 0.127. The minimum absolute atomic E-state index is 0.0661. The van der Waals surface area contributed by atoms with Gasteiger partial charge in [-0.15, -0.1) is 11.3 Å². The highest BCUT2D eigenvalue weighted by molar-refractivity contribution is 7.26. The fourth-order valence-electron chi connectivity index (χ4n) is 25.4. The van der Waals surface area contributed by atoms with Crippen molar-refractivity contribution in [3.05, 3.63) is 460 Å². The van der Waals surface area contributed by atoms with Crippen molar-refractivity contribution in [2.75, 3.05) is 0 Å². The smallest absolute Gasteiger partial charge is 0.159 e. The summed E-state index contributed by atoms with van der Waals surface area (Å²) in [6.07, 6.45) is 0. The Morgan fingerprint density at radius 2 is 0.530 bits per heavy atom. The van der Waals surface area contributed by atoms with Crippen LogP contribution in [0.2, 0.25) is 39.3 Å². The third-order valence-corrected chi connectivity index (χ3v) is 43.6. The van der Waals surface area contributed by atoms with Gasteiger partial charge >= 0.3 is 0 Å². The molecule has 706 valence electrons. The molecule has 10 nitrogen and oxygen atoms in total. The Morgan fingerprint density at radius 1 is 0.208 bits per heavy atom. The van der Waals surface area contributed by atoms with Crippen molar-refractivity contribution in [2.45, 2.75) is 58.5 Å². The summed E-state index contributed by atoms with van der Waals surface area (Å²) >= 11 is 1.87. The van der Waals surface area contributed by atoms with Crippen LogP contribution >= 0.6 is 11.3 Å². The second-order valence-corrected chi connectivity index (χ2v) is 56.1. The zero-order valence-corrected chi connectivity index (χ0v) is 87.4. The van der Waals surface area contributed by atoms with Gasteiger partial charge in [0.25, 0.3) is 0 Å². The van der Waals surface area contributed by atoms with Crippen molar-refractivity contribution in [1.82, 2.24) is 48.2 Å². The van der Waals surface area contributed by atoms with Gasteiger partial charge in [-0.3, -0.25) is 0 Å². The normalized spacial score (nSPS) is 13.9. The number of benzene rings is 19. The van der Waals surface area contributed by atoms with E-state index in [0.717, 1.165) is 90.7 Å². The molecular weight excluding hydrogens is 1880 g/mol. The molecule has 0 saturated carbocycles. The number of rotatable bonds is 10. The summed E-state index contributed by atoms with van der Waals surface area (Å²) in [7, 11) is -6.11. The first-order chi connectivity index (χ1) is 73.0. The van der Waals surface area contributed by atoms with E-state index < -0.39 is 24.2 Å². The van der Waals surface area contributed by atoms with Gasteiger partial charge in [0.15, 0.2) is 17.5 Å². The number of hydrogen-bond donors (Lipinski definition) is 0. The molecule has 31 rings (SSSR count). The van der Waals surface area contributed by atoms with Crippen molar-refractivity contribution in [3.8, 4) is 135 Å². The Labute approximate surface area is 869 Å². The van der Waals surface area contributed by atoms with Crippen LogP contribution < -0.4 is 31.5 Å². The van der Waals surface area contributed by atoms with Crippen LogP contribution in [0.5, 0.6) is 0 Å². The molecule has 0 atom stereocenters. The molecule has 8 aromatic heterocycles. The maximum absolute atomic E-state index is 5.42. The van der Waals surface area contributed by atoms with Crippen LogP contribution in [0.1, 0.15) is 25.0 Å². The highest BCUT2D eigenvalue weighted by atomic mass is 32.1. The Kier molecular flexibility index (Phi) is 19.8. The minimum Gasteiger partial charge on any atom is -0.309 e. The summed E-state index contributed by atoms with van der Waals surface area (Å²) in [5.74, 6) is 2.35. The minimum atomic E-state index is -2.05. The molecule has 3 aliphatic heterocycles. The number of para-hydroxylation sites is 5. The maximum Gasteiger partial charge on any atom is 0.159 e. The van der Waals surface area contributed by atoms with Crippen molar-refractivity contribution >= 4 is 174 Å². The lowest BCUT2D eigenvalue weighted by molar-refractivity contribution is 0.661. The summed E-state index contributed by atoms with van der Waals surface area (Å²) in [5.41, 5.74) is 36.7. The first kappa shape index (κ1) is 88.0. The van der Waals surface area contributed by atoms with E-state index in [2.05, 4.69) is 520 Å². The number of hydrogen-bond acceptors (Lipinski definition) is 7. The predicted octanol–water partition coefficient (Wildman–Crippen LogP) is 30.9. The molecule has 0 fully saturated rings. The highest BCUT2D eigenvalue weighted by Gasteiger charge is 2.46. The monoisotopic (exact) mass is 1970 g/mol. The van der Waals surface area contributed by atoms with E-state index in [1.165, 1.54) is 195 Å². The third kappa shape index (κ3) is 13.3. The Balaban J connectivity index is 0.000000105. The van der Waals surface area contributed by atoms with Crippen LogP contribution in [-0.4, -0.2) is 72.4 Å². The lowest BCUT2D eigenvalue weighted by Crippen LogP contribution is -2.50. The number of aromatic nitrogens is 10. The second-order valence-electron chi connectivity index (χ2n) is 42.2. The van der Waals surface area contributed by atoms with Gasteiger partial charge in [0, 0.05) is 163 Å². The molecule has 0 unspecified atom stereocenters. The average molecular weight is 1980 g/mol. The van der Waals surface area contributed by atoms with Gasteiger partial charge < -0.3 is 18.3 Å². The first-order valence-electron chi connectivity index (χ1n) is 51.6. The van der Waals surface area contributed by atoms with E-state index in [9.17, 15) is 0 Å². The van der Waals surface area contributed by atoms with Crippen LogP contribution in [0, 0.1) is 0 Å². The maximum atomic E-state index is 5.42. The van der Waals surface area contributed by atoms with Gasteiger partial charge in [-0.05, 0) is 176 Å². The molecule has 0 spiro atoms. The van der Waals surface area contributed by atoms with Crippen LogP contribution in [0.15, 0.2) is 449 Å². The molecule has 14 heteroatoms. The van der Waals surface area contributed by atoms with E-state index in [0.29, 0.717) is 0 Å². The first-order valence-corrected chi connectivity index (χ1v) is 61.4. The van der Waals surface area contributed by atoms with Gasteiger partial charge in [0.2, 0.25) is 0 Å². The van der Waals surface area contributed by atoms with Crippen molar-refractivity contribution in [2.24, 2.45) is 0 Å². The van der Waals surface area contributed by atoms with E-state index in [1.54, 1.807) is 0 Å². The van der Waals surface area contributed by atoms with Gasteiger partial charge in [0.1, 0.15) is 24.2 Å². The number of fused-ring (bicyclic) bond motifs is 30. The molecule has 0 saturated heterocycles. The van der Waals surface area contributed by atoms with Crippen LogP contribution in [-0.2, 0) is 5.41 Å². The fourth-order valence-corrected chi connectivity index (χ4v) is 35.2. The zero-order chi connectivity index (χ0) is 99.6. The van der Waals surface area contributed by atoms with Gasteiger partial charge in [-0.1, -0.05) is 375 Å². The molecule has 149 heavy (non-hydrogen) atoms. The second kappa shape index (κ2) is 33.5. The Morgan fingerprint density at radius 3 is 0.966 bits per heavy atom. The lowest BCUT2D eigenvalue weighted by Gasteiger charge is -2.21. The summed E-state index contributed by atoms with van der Waals surface area (Å²) in [6, 6.07) is 163. The average Bonchev–Trinajstić information content (AvgIpc) is 1.54. The number of thiophene rings is 1. The molecule has 19 aromatic carbocycles. The van der Waals surface area contributed by atoms with E-state index in [-0.39, 0.29) is 5.41 Å². The molecule has 27 aromatic rings. The van der Waals surface area contributed by atoms with Crippen molar-refractivity contribution < 1.29 is 0 Å². The summed E-state index contributed by atoms with van der Waals surface area (Å²) in [4.78, 5) is 32.2. The van der Waals surface area contributed by atoms with Gasteiger partial charge in [-0.2, -0.15) is 0 Å². The molecule has 0 N–H and O–H groups in total. The summed E-state index contributed by atoms with van der Waals surface area (Å²) < 4.78 is 12.4. The van der Waals surface area contributed by atoms with E-state index in [4.69, 9.17) is 29.9 Å². The SMILES string of the molecule is CC1(C)c2ccccc2-c2c1ccc1c3ccccc3n(-c3ccc(-c4nc(-c5ccccc5)c5c(n4)[Si](C)(C)c4ccccc4-5)cc3)c21.C[Si]1(C)c2ccccc2-c2c(-c3ccccc3)nc(-c3ccc(-n4c5ccccc5c5ccc6c(c7ccccc7n6-c6ccccc6)c54)cc3)nc21.C[Si]1(C)c2ccccc2-c2c(-c3ccccc3)nc(-c3ccc(-n4c5ccccc5c5ccc6sc7ccccc7c6c54)cc3)nc21. The lowest BCUT2D eigenvalue weighted by atomic mass is 9.82. The van der Waals surface area contributed by atoms with Crippen LogP contribution in [0.3, 0.4) is 0 Å². The molecule has 4 aliphatic rings.